The molecule has 0 bridgehead atoms. The van der Waals surface area contributed by atoms with Crippen molar-refractivity contribution in [2.24, 2.45) is 0 Å². The van der Waals surface area contributed by atoms with Crippen LogP contribution >= 0.6 is 51.1 Å². The summed E-state index contributed by atoms with van der Waals surface area (Å²) in [7, 11) is 0. The molecule has 0 aliphatic rings. The van der Waals surface area contributed by atoms with Gasteiger partial charge < -0.3 is 5.32 Å². The van der Waals surface area contributed by atoms with Gasteiger partial charge in [0.15, 0.2) is 0 Å². The molecule has 5 heteroatoms. The molecule has 0 aromatic heterocycles. The molecule has 0 radical (unpaired) electrons. The molecule has 0 saturated carbocycles. The van der Waals surface area contributed by atoms with Crippen LogP contribution < -0.4 is 5.32 Å². The number of carbonyl (C=O) groups excluding carboxylic acids is 1. The molecule has 1 amide bonds. The van der Waals surface area contributed by atoms with Crippen LogP contribution in [0.15, 0.2) is 51.8 Å². The second kappa shape index (κ2) is 6.08. The standard InChI is InChI=1S/C13H9BrINOS/c14-10-7-8(5-6-11(10)15)16-13(17)9-3-1-2-4-12(9)18/h1-7,18H,(H,16,17). The number of benzene rings is 2. The van der Waals surface area contributed by atoms with E-state index in [1.54, 1.807) is 12.1 Å². The van der Waals surface area contributed by atoms with E-state index < -0.39 is 0 Å². The molecule has 2 aromatic rings. The van der Waals surface area contributed by atoms with Gasteiger partial charge in [0.05, 0.1) is 5.56 Å². The van der Waals surface area contributed by atoms with Crippen molar-refractivity contribution in [2.75, 3.05) is 5.32 Å². The Morgan fingerprint density at radius 3 is 2.61 bits per heavy atom. The van der Waals surface area contributed by atoms with Crippen molar-refractivity contribution in [3.63, 3.8) is 0 Å². The molecule has 0 spiro atoms. The zero-order valence-electron chi connectivity index (χ0n) is 9.15. The number of carbonyl (C=O) groups is 1. The monoisotopic (exact) mass is 433 g/mol. The lowest BCUT2D eigenvalue weighted by molar-refractivity contribution is 0.102. The first-order valence-corrected chi connectivity index (χ1v) is 7.44. The Balaban J connectivity index is 2.22. The smallest absolute Gasteiger partial charge is 0.256 e. The Hall–Kier alpha value is -0.530. The molecule has 18 heavy (non-hydrogen) atoms. The molecule has 0 aliphatic carbocycles. The van der Waals surface area contributed by atoms with E-state index >= 15 is 0 Å². The molecule has 2 rings (SSSR count). The summed E-state index contributed by atoms with van der Waals surface area (Å²) in [5.41, 5.74) is 1.32. The van der Waals surface area contributed by atoms with Gasteiger partial charge in [-0.1, -0.05) is 12.1 Å². The van der Waals surface area contributed by atoms with Gasteiger partial charge in [-0.3, -0.25) is 4.79 Å². The largest absolute Gasteiger partial charge is 0.322 e. The van der Waals surface area contributed by atoms with Crippen LogP contribution in [0.1, 0.15) is 10.4 Å². The van der Waals surface area contributed by atoms with Gasteiger partial charge in [-0.2, -0.15) is 0 Å². The van der Waals surface area contributed by atoms with Crippen LogP contribution in [-0.4, -0.2) is 5.91 Å². The van der Waals surface area contributed by atoms with Gasteiger partial charge in [0.25, 0.3) is 5.91 Å². The van der Waals surface area contributed by atoms with Gasteiger partial charge in [0.1, 0.15) is 0 Å². The maximum Gasteiger partial charge on any atom is 0.256 e. The highest BCUT2D eigenvalue weighted by atomic mass is 127. The highest BCUT2D eigenvalue weighted by Crippen LogP contribution is 2.23. The van der Waals surface area contributed by atoms with Crippen LogP contribution in [-0.2, 0) is 0 Å². The summed E-state index contributed by atoms with van der Waals surface area (Å²) in [4.78, 5) is 12.7. The predicted molar refractivity (Wildman–Crippen MR) is 88.5 cm³/mol. The van der Waals surface area contributed by atoms with Crippen LogP contribution in [0.2, 0.25) is 0 Å². The topological polar surface area (TPSA) is 29.1 Å². The molecule has 2 nitrogen and oxygen atoms in total. The van der Waals surface area contributed by atoms with Gasteiger partial charge in [0.2, 0.25) is 0 Å². The molecule has 0 heterocycles. The number of halogens is 2. The van der Waals surface area contributed by atoms with Crippen molar-refractivity contribution in [3.8, 4) is 0 Å². The quantitative estimate of drug-likeness (QED) is 0.526. The molecular weight excluding hydrogens is 425 g/mol. The first-order valence-electron chi connectivity index (χ1n) is 5.12. The first kappa shape index (κ1) is 13.9. The average Bonchev–Trinajstić information content (AvgIpc) is 2.34. The van der Waals surface area contributed by atoms with Gasteiger partial charge in [-0.05, 0) is 68.9 Å². The zero-order chi connectivity index (χ0) is 13.1. The third kappa shape index (κ3) is 3.27. The normalized spacial score (nSPS) is 10.2. The molecule has 2 aromatic carbocycles. The minimum atomic E-state index is -0.159. The average molecular weight is 434 g/mol. The number of thiol groups is 1. The lowest BCUT2D eigenvalue weighted by atomic mass is 10.2. The molecule has 0 unspecified atom stereocenters. The summed E-state index contributed by atoms with van der Waals surface area (Å²) >= 11 is 9.92. The van der Waals surface area contributed by atoms with E-state index in [9.17, 15) is 4.79 Å². The molecule has 0 aliphatic heterocycles. The fourth-order valence-electron chi connectivity index (χ4n) is 1.44. The van der Waals surface area contributed by atoms with E-state index in [-0.39, 0.29) is 5.91 Å². The summed E-state index contributed by atoms with van der Waals surface area (Å²) in [5, 5.41) is 2.85. The van der Waals surface area contributed by atoms with Crippen LogP contribution in [0.4, 0.5) is 5.69 Å². The summed E-state index contributed by atoms with van der Waals surface area (Å²) in [6.45, 7) is 0. The highest BCUT2D eigenvalue weighted by molar-refractivity contribution is 14.1. The molecule has 0 saturated heterocycles. The van der Waals surface area contributed by atoms with Crippen molar-refractivity contribution in [2.45, 2.75) is 4.90 Å². The van der Waals surface area contributed by atoms with Crippen molar-refractivity contribution in [1.29, 1.82) is 0 Å². The van der Waals surface area contributed by atoms with Crippen LogP contribution in [0.25, 0.3) is 0 Å². The summed E-state index contributed by atoms with van der Waals surface area (Å²) in [6.07, 6.45) is 0. The second-order valence-electron chi connectivity index (χ2n) is 3.60. The van der Waals surface area contributed by atoms with Crippen LogP contribution in [0, 0.1) is 3.57 Å². The number of hydrogen-bond donors (Lipinski definition) is 2. The minimum absolute atomic E-state index is 0.159. The number of nitrogens with one attached hydrogen (secondary N) is 1. The lowest BCUT2D eigenvalue weighted by Gasteiger charge is -2.08. The van der Waals surface area contributed by atoms with E-state index in [1.807, 2.05) is 30.3 Å². The van der Waals surface area contributed by atoms with Gasteiger partial charge in [0, 0.05) is 18.6 Å². The maximum atomic E-state index is 12.1. The first-order chi connectivity index (χ1) is 8.58. The van der Waals surface area contributed by atoms with Gasteiger partial charge in [-0.15, -0.1) is 12.6 Å². The maximum absolute atomic E-state index is 12.1. The highest BCUT2D eigenvalue weighted by Gasteiger charge is 2.09. The van der Waals surface area contributed by atoms with Crippen molar-refractivity contribution >= 4 is 62.7 Å². The Morgan fingerprint density at radius 2 is 1.94 bits per heavy atom. The van der Waals surface area contributed by atoms with E-state index in [4.69, 9.17) is 0 Å². The Bertz CT molecular complexity index is 603. The van der Waals surface area contributed by atoms with Crippen LogP contribution in [0.3, 0.4) is 0 Å². The number of rotatable bonds is 2. The van der Waals surface area contributed by atoms with Crippen molar-refractivity contribution in [3.05, 3.63) is 56.1 Å². The zero-order valence-corrected chi connectivity index (χ0v) is 13.8. The Morgan fingerprint density at radius 1 is 1.22 bits per heavy atom. The van der Waals surface area contributed by atoms with Gasteiger partial charge >= 0.3 is 0 Å². The lowest BCUT2D eigenvalue weighted by Crippen LogP contribution is -2.12. The molecular formula is C13H9BrINOS. The predicted octanol–water partition coefficient (Wildman–Crippen LogP) is 4.59. The summed E-state index contributed by atoms with van der Waals surface area (Å²) in [5.74, 6) is -0.159. The fraction of sp³-hybridized carbons (Fsp3) is 0. The second-order valence-corrected chi connectivity index (χ2v) is 6.10. The van der Waals surface area contributed by atoms with E-state index in [2.05, 4.69) is 56.5 Å². The molecule has 0 fully saturated rings. The molecule has 1 N–H and O–H groups in total. The van der Waals surface area contributed by atoms with Crippen molar-refractivity contribution in [1.82, 2.24) is 0 Å². The molecule has 0 atom stereocenters. The van der Waals surface area contributed by atoms with Crippen LogP contribution in [0.5, 0.6) is 0 Å². The third-order valence-electron chi connectivity index (χ3n) is 2.33. The third-order valence-corrected chi connectivity index (χ3v) is 5.05. The van der Waals surface area contributed by atoms with Gasteiger partial charge in [-0.25, -0.2) is 0 Å². The molecule has 92 valence electrons. The SMILES string of the molecule is O=C(Nc1ccc(I)c(Br)c1)c1ccccc1S. The Kier molecular flexibility index (Phi) is 4.69. The van der Waals surface area contributed by atoms with E-state index in [1.165, 1.54) is 0 Å². The number of hydrogen-bond acceptors (Lipinski definition) is 2. The number of anilines is 1. The summed E-state index contributed by atoms with van der Waals surface area (Å²) < 4.78 is 2.06. The van der Waals surface area contributed by atoms with E-state index in [0.29, 0.717) is 10.5 Å². The fourth-order valence-corrected chi connectivity index (χ4v) is 2.41. The Labute approximate surface area is 133 Å². The van der Waals surface area contributed by atoms with Crippen molar-refractivity contribution < 1.29 is 4.79 Å². The summed E-state index contributed by atoms with van der Waals surface area (Å²) in [6, 6.07) is 12.9. The number of amides is 1. The minimum Gasteiger partial charge on any atom is -0.322 e. The van der Waals surface area contributed by atoms with E-state index in [0.717, 1.165) is 13.7 Å².